The van der Waals surface area contributed by atoms with Crippen LogP contribution < -0.4 is 0 Å². The second-order valence-corrected chi connectivity index (χ2v) is 32.6. The fraction of sp³-hybridized carbons (Fsp3) is 0.0328. The Balaban J connectivity index is 0.000000148. The number of nitrogens with zero attached hydrogens (tertiary/aromatic N) is 2. The summed E-state index contributed by atoms with van der Waals surface area (Å²) in [6, 6.07) is 170. The van der Waals surface area contributed by atoms with Gasteiger partial charge in [0.05, 0.1) is 0 Å². The van der Waals surface area contributed by atoms with E-state index in [4.69, 9.17) is 0 Å². The smallest absolute Gasteiger partial charge is 0.0491 e. The molecule has 0 saturated heterocycles. The summed E-state index contributed by atoms with van der Waals surface area (Å²) in [6.45, 7) is 6.31. The summed E-state index contributed by atoms with van der Waals surface area (Å²) in [4.78, 5) is 0. The highest BCUT2D eigenvalue weighted by atomic mass is 15.0. The van der Waals surface area contributed by atoms with Crippen molar-refractivity contribution in [2.24, 2.45) is 0 Å². The Kier molecular flexibility index (Phi) is 19.3. The van der Waals surface area contributed by atoms with Crippen molar-refractivity contribution in [3.05, 3.63) is 461 Å². The van der Waals surface area contributed by atoms with Gasteiger partial charge in [-0.05, 0) is 274 Å². The molecule has 2 nitrogen and oxygen atoms in total. The first-order valence-corrected chi connectivity index (χ1v) is 43.3. The average Bonchev–Trinajstić information content (AvgIpc) is 1.67. The van der Waals surface area contributed by atoms with Crippen molar-refractivity contribution in [3.8, 4) is 145 Å². The normalized spacial score (nSPS) is 11.5. The van der Waals surface area contributed by atoms with Gasteiger partial charge in [-0.1, -0.05) is 388 Å². The van der Waals surface area contributed by atoms with Gasteiger partial charge in [-0.2, -0.15) is 0 Å². The summed E-state index contributed by atoms with van der Waals surface area (Å²) in [7, 11) is 0. The largest absolute Gasteiger partial charge is 0.341 e. The molecule has 0 aliphatic carbocycles. The summed E-state index contributed by atoms with van der Waals surface area (Å²) in [5.41, 5.74) is 36.9. The molecule has 0 aliphatic rings. The van der Waals surface area contributed by atoms with Crippen LogP contribution in [0.2, 0.25) is 0 Å². The van der Waals surface area contributed by atoms with Crippen LogP contribution >= 0.6 is 0 Å². The van der Waals surface area contributed by atoms with E-state index in [1.807, 2.05) is 0 Å². The van der Waals surface area contributed by atoms with Crippen LogP contribution in [-0.4, -0.2) is 9.13 Å². The first kappa shape index (κ1) is 74.5. The molecule has 0 N–H and O–H groups in total. The van der Waals surface area contributed by atoms with Gasteiger partial charge in [0.1, 0.15) is 0 Å². The molecule has 0 spiro atoms. The van der Waals surface area contributed by atoms with Crippen molar-refractivity contribution in [3.63, 3.8) is 0 Å². The zero-order valence-corrected chi connectivity index (χ0v) is 69.2. The van der Waals surface area contributed by atoms with Crippen LogP contribution in [0.5, 0.6) is 0 Å². The molecule has 0 radical (unpaired) electrons. The van der Waals surface area contributed by atoms with Gasteiger partial charge in [0.15, 0.2) is 0 Å². The third kappa shape index (κ3) is 13.6. The van der Waals surface area contributed by atoms with Crippen LogP contribution in [0, 0.1) is 0 Å². The Morgan fingerprint density at radius 3 is 0.460 bits per heavy atom. The van der Waals surface area contributed by atoms with Gasteiger partial charge < -0.3 is 9.13 Å². The van der Waals surface area contributed by atoms with E-state index >= 15 is 0 Å². The zero-order chi connectivity index (χ0) is 82.6. The molecule has 23 rings (SSSR count). The van der Waals surface area contributed by atoms with Crippen molar-refractivity contribution in [1.29, 1.82) is 0 Å². The van der Waals surface area contributed by atoms with Gasteiger partial charge in [-0.3, -0.25) is 0 Å². The number of fused-ring (bicyclic) bond motifs is 10. The molecule has 0 bridgehead atoms. The molecule has 0 amide bonds. The molecule has 0 aliphatic heterocycles. The Morgan fingerprint density at radius 2 is 0.258 bits per heavy atom. The minimum absolute atomic E-state index is 0.914. The van der Waals surface area contributed by atoms with E-state index in [1.165, 1.54) is 231 Å². The molecule has 21 aromatic carbocycles. The maximum atomic E-state index is 2.44. The van der Waals surface area contributed by atoms with Crippen LogP contribution in [0.3, 0.4) is 0 Å². The van der Waals surface area contributed by atoms with E-state index in [-0.39, 0.29) is 0 Å². The number of hydrogen-bond acceptors (Lipinski definition) is 0. The fourth-order valence-electron chi connectivity index (χ4n) is 19.5. The van der Waals surface area contributed by atoms with Crippen molar-refractivity contribution >= 4 is 86.7 Å². The summed E-state index contributed by atoms with van der Waals surface area (Å²) >= 11 is 0. The molecule has 0 unspecified atom stereocenters. The van der Waals surface area contributed by atoms with Crippen LogP contribution in [0.4, 0.5) is 0 Å². The van der Waals surface area contributed by atoms with Crippen LogP contribution in [0.1, 0.15) is 13.8 Å². The summed E-state index contributed by atoms with van der Waals surface area (Å²) in [5, 5.41) is 15.1. The highest BCUT2D eigenvalue weighted by Gasteiger charge is 2.24. The predicted molar refractivity (Wildman–Crippen MR) is 531 cm³/mol. The van der Waals surface area contributed by atoms with E-state index in [0.717, 1.165) is 13.1 Å². The number of aromatic nitrogens is 2. The van der Waals surface area contributed by atoms with Crippen LogP contribution in [-0.2, 0) is 13.1 Å². The lowest BCUT2D eigenvalue weighted by molar-refractivity contribution is 0.827. The third-order valence-electron chi connectivity index (χ3n) is 25.6. The SMILES string of the molecule is CCn1c2ccc(-c3ccccc3)cc2c2cc(-c3ccc(-c4c5ccc(-c6ccccc6)cc5c(-c5ccc(-c6ccccc6)cc5)c5ccc(-c6ccccc6)cc45)cc3)ccc21.CCn1c2ccc(-c3ccccc3)cc2c2cc(-c3ccc(-c4c5ccc(-c6ccccc6)cc5c(-c5ccccc5)c5ccc(-c6ccccc6)cc45)cc3)ccc21. The molecule has 0 saturated carbocycles. The Labute approximate surface area is 723 Å². The molecular formula is C122H86N2. The Morgan fingerprint density at radius 1 is 0.121 bits per heavy atom. The standard InChI is InChI=1S/C64H45N.C58H41N/c1-2-65-61-37-33-53(46-21-13-6-14-22-46)39-57(61)58-40-54(34-38-62(58)65)48-25-29-50(30-26-48)64-56-36-32-51(44-17-9-4-10-18-44)41-59(56)63(49-27-23-47(24-28-49)43-15-7-3-8-16-43)55-35-31-52(42-60(55)64)45-19-11-5-12-20-45;1-2-59-55-33-29-47(41-19-11-5-12-20-41)35-51(55)52-36-48(30-34-56(52)59)42-23-25-44(26-24-42)58-50-32-28-45(39-15-7-3-8-16-39)37-53(50)57(43-21-13-6-14-22-43)49-31-27-46(38-54(49)58)40-17-9-4-10-18-40/h3-42H,2H2,1H3;3-38H,2H2,1H3. The van der Waals surface area contributed by atoms with E-state index in [9.17, 15) is 0 Å². The van der Waals surface area contributed by atoms with Gasteiger partial charge in [0.25, 0.3) is 0 Å². The number of benzene rings is 21. The highest BCUT2D eigenvalue weighted by Crippen LogP contribution is 2.50. The molecule has 23 aromatic rings. The second-order valence-electron chi connectivity index (χ2n) is 32.6. The predicted octanol–water partition coefficient (Wildman–Crippen LogP) is 33.9. The topological polar surface area (TPSA) is 9.86 Å². The molecule has 0 atom stereocenters. The van der Waals surface area contributed by atoms with E-state index in [1.54, 1.807) is 0 Å². The van der Waals surface area contributed by atoms with Gasteiger partial charge in [-0.15, -0.1) is 0 Å². The first-order chi connectivity index (χ1) is 61.4. The summed E-state index contributed by atoms with van der Waals surface area (Å²) in [6.07, 6.45) is 0. The minimum Gasteiger partial charge on any atom is -0.341 e. The quantitative estimate of drug-likeness (QED) is 0.0906. The Hall–Kier alpha value is -15.7. The fourth-order valence-corrected chi connectivity index (χ4v) is 19.5. The number of rotatable bonds is 15. The minimum atomic E-state index is 0.914. The Bertz CT molecular complexity index is 7940. The average molecular weight is 1580 g/mol. The van der Waals surface area contributed by atoms with Crippen molar-refractivity contribution in [2.45, 2.75) is 26.9 Å². The van der Waals surface area contributed by atoms with Gasteiger partial charge in [0, 0.05) is 56.7 Å². The molecule has 2 aromatic heterocycles. The lowest BCUT2D eigenvalue weighted by atomic mass is 9.83. The molecule has 584 valence electrons. The van der Waals surface area contributed by atoms with E-state index in [2.05, 4.69) is 484 Å². The zero-order valence-electron chi connectivity index (χ0n) is 69.2. The molecular weight excluding hydrogens is 1490 g/mol. The van der Waals surface area contributed by atoms with Gasteiger partial charge >= 0.3 is 0 Å². The first-order valence-electron chi connectivity index (χ1n) is 43.3. The molecule has 124 heavy (non-hydrogen) atoms. The van der Waals surface area contributed by atoms with E-state index in [0.29, 0.717) is 0 Å². The van der Waals surface area contributed by atoms with Crippen LogP contribution in [0.15, 0.2) is 461 Å². The lowest BCUT2D eigenvalue weighted by Crippen LogP contribution is -1.93. The van der Waals surface area contributed by atoms with Gasteiger partial charge in [0.2, 0.25) is 0 Å². The van der Waals surface area contributed by atoms with Crippen molar-refractivity contribution in [1.82, 2.24) is 9.13 Å². The molecule has 0 fully saturated rings. The molecule has 2 heterocycles. The lowest BCUT2D eigenvalue weighted by Gasteiger charge is -2.20. The van der Waals surface area contributed by atoms with Gasteiger partial charge in [-0.25, -0.2) is 0 Å². The highest BCUT2D eigenvalue weighted by molar-refractivity contribution is 6.25. The van der Waals surface area contributed by atoms with Crippen molar-refractivity contribution in [2.75, 3.05) is 0 Å². The third-order valence-corrected chi connectivity index (χ3v) is 25.6. The summed E-state index contributed by atoms with van der Waals surface area (Å²) in [5.74, 6) is 0. The second kappa shape index (κ2) is 32.1. The number of aryl methyl sites for hydroxylation is 2. The maximum Gasteiger partial charge on any atom is 0.0491 e. The summed E-state index contributed by atoms with van der Waals surface area (Å²) < 4.78 is 4.88. The maximum absolute atomic E-state index is 2.44. The van der Waals surface area contributed by atoms with E-state index < -0.39 is 0 Å². The number of hydrogen-bond donors (Lipinski definition) is 0. The molecule has 2 heteroatoms. The van der Waals surface area contributed by atoms with Crippen LogP contribution in [0.25, 0.3) is 231 Å². The van der Waals surface area contributed by atoms with Crippen molar-refractivity contribution < 1.29 is 0 Å². The monoisotopic (exact) mass is 1580 g/mol.